The van der Waals surface area contributed by atoms with Gasteiger partial charge >= 0.3 is 0 Å². The van der Waals surface area contributed by atoms with Gasteiger partial charge in [-0.1, -0.05) is 13.8 Å². The topological polar surface area (TPSA) is 91.3 Å². The molecule has 1 aliphatic rings. The lowest BCUT2D eigenvalue weighted by Crippen LogP contribution is -2.56. The summed E-state index contributed by atoms with van der Waals surface area (Å²) >= 11 is 0. The summed E-state index contributed by atoms with van der Waals surface area (Å²) in [5.41, 5.74) is 0.970. The van der Waals surface area contributed by atoms with Crippen LogP contribution in [-0.2, 0) is 0 Å². The minimum Gasteiger partial charge on any atom is -0.360 e. The van der Waals surface area contributed by atoms with Crippen molar-refractivity contribution in [2.45, 2.75) is 39.7 Å². The molecule has 1 aliphatic heterocycles. The molecule has 2 unspecified atom stereocenters. The van der Waals surface area contributed by atoms with Crippen molar-refractivity contribution >= 4 is 22.5 Å². The smallest absolute Gasteiger partial charge is 0.270 e. The molecule has 0 radical (unpaired) electrons. The van der Waals surface area contributed by atoms with Crippen LogP contribution < -0.4 is 5.32 Å². The van der Waals surface area contributed by atoms with E-state index in [1.165, 1.54) is 18.6 Å². The van der Waals surface area contributed by atoms with Crippen LogP contribution in [0.15, 0.2) is 24.4 Å². The van der Waals surface area contributed by atoms with Gasteiger partial charge in [-0.25, -0.2) is 0 Å². The van der Waals surface area contributed by atoms with Gasteiger partial charge < -0.3 is 10.3 Å². The zero-order valence-electron chi connectivity index (χ0n) is 16.4. The van der Waals surface area contributed by atoms with Crippen LogP contribution >= 0.6 is 0 Å². The van der Waals surface area contributed by atoms with E-state index < -0.39 is 4.92 Å². The van der Waals surface area contributed by atoms with E-state index in [1.807, 2.05) is 0 Å². The fraction of sp³-hybridized carbons (Fsp3) is 0.550. The standard InChI is InChI=1S/C20H28N4O3/c1-13-7-14(2)11-23(10-13)20(3,4)12-22-19(25)17-9-21-18-6-5-15(24(26)27)8-16(17)18/h5-6,8-9,13-14,21H,7,10-12H2,1-4H3,(H,22,25). The Balaban J connectivity index is 1.73. The van der Waals surface area contributed by atoms with Crippen LogP contribution in [-0.4, -0.2) is 45.9 Å². The molecule has 3 rings (SSSR count). The first-order valence-electron chi connectivity index (χ1n) is 9.46. The molecule has 1 amide bonds. The van der Waals surface area contributed by atoms with Crippen molar-refractivity contribution in [3.63, 3.8) is 0 Å². The van der Waals surface area contributed by atoms with Crippen molar-refractivity contribution in [1.29, 1.82) is 0 Å². The Bertz CT molecular complexity index is 848. The normalized spacial score (nSPS) is 21.3. The molecule has 27 heavy (non-hydrogen) atoms. The van der Waals surface area contributed by atoms with Gasteiger partial charge in [0.05, 0.1) is 10.5 Å². The van der Waals surface area contributed by atoms with Crippen molar-refractivity contribution < 1.29 is 9.72 Å². The maximum Gasteiger partial charge on any atom is 0.270 e. The number of non-ortho nitro benzene ring substituents is 1. The van der Waals surface area contributed by atoms with E-state index >= 15 is 0 Å². The van der Waals surface area contributed by atoms with Crippen LogP contribution in [0.4, 0.5) is 5.69 Å². The molecule has 0 spiro atoms. The van der Waals surface area contributed by atoms with Gasteiger partial charge in [-0.3, -0.25) is 19.8 Å². The highest BCUT2D eigenvalue weighted by Gasteiger charge is 2.33. The highest BCUT2D eigenvalue weighted by Crippen LogP contribution is 2.27. The quantitative estimate of drug-likeness (QED) is 0.620. The van der Waals surface area contributed by atoms with Crippen LogP contribution in [0, 0.1) is 22.0 Å². The number of hydrogen-bond donors (Lipinski definition) is 2. The molecule has 2 heterocycles. The van der Waals surface area contributed by atoms with E-state index in [1.54, 1.807) is 12.3 Å². The van der Waals surface area contributed by atoms with Crippen molar-refractivity contribution in [3.8, 4) is 0 Å². The number of carbonyl (C=O) groups is 1. The van der Waals surface area contributed by atoms with Crippen molar-refractivity contribution in [2.24, 2.45) is 11.8 Å². The number of hydrogen-bond acceptors (Lipinski definition) is 4. The van der Waals surface area contributed by atoms with E-state index in [-0.39, 0.29) is 17.1 Å². The molecule has 0 bridgehead atoms. The van der Waals surface area contributed by atoms with Crippen molar-refractivity contribution in [1.82, 2.24) is 15.2 Å². The number of likely N-dealkylation sites (tertiary alicyclic amines) is 1. The van der Waals surface area contributed by atoms with Crippen LogP contribution in [0.25, 0.3) is 10.9 Å². The van der Waals surface area contributed by atoms with Gasteiger partial charge in [-0.05, 0) is 38.2 Å². The fourth-order valence-corrected chi connectivity index (χ4v) is 4.07. The Labute approximate surface area is 159 Å². The average molecular weight is 372 g/mol. The molecule has 7 heteroatoms. The predicted molar refractivity (Wildman–Crippen MR) is 106 cm³/mol. The van der Waals surface area contributed by atoms with Gasteiger partial charge in [-0.15, -0.1) is 0 Å². The zero-order chi connectivity index (χ0) is 19.8. The average Bonchev–Trinajstić information content (AvgIpc) is 3.02. The van der Waals surface area contributed by atoms with Crippen molar-refractivity contribution in [2.75, 3.05) is 19.6 Å². The summed E-state index contributed by atoms with van der Waals surface area (Å²) < 4.78 is 0. The number of aromatic amines is 1. The summed E-state index contributed by atoms with van der Waals surface area (Å²) in [5, 5.41) is 14.6. The van der Waals surface area contributed by atoms with E-state index in [9.17, 15) is 14.9 Å². The molecular weight excluding hydrogens is 344 g/mol. The second kappa shape index (κ2) is 7.31. The van der Waals surface area contributed by atoms with Crippen LogP contribution in [0.1, 0.15) is 44.5 Å². The Hall–Kier alpha value is -2.41. The van der Waals surface area contributed by atoms with Gasteiger partial charge in [0.1, 0.15) is 0 Å². The summed E-state index contributed by atoms with van der Waals surface area (Å²) in [6.45, 7) is 11.4. The number of fused-ring (bicyclic) bond motifs is 1. The lowest BCUT2D eigenvalue weighted by atomic mass is 9.88. The summed E-state index contributed by atoms with van der Waals surface area (Å²) in [7, 11) is 0. The zero-order valence-corrected chi connectivity index (χ0v) is 16.4. The first-order valence-corrected chi connectivity index (χ1v) is 9.46. The number of nitro groups is 1. The monoisotopic (exact) mass is 372 g/mol. The number of piperidine rings is 1. The van der Waals surface area contributed by atoms with E-state index in [0.29, 0.717) is 34.8 Å². The summed E-state index contributed by atoms with van der Waals surface area (Å²) in [4.78, 5) is 28.8. The number of aromatic nitrogens is 1. The molecule has 2 aromatic rings. The second-order valence-corrected chi connectivity index (χ2v) is 8.54. The minimum absolute atomic E-state index is 0.0206. The molecule has 2 atom stereocenters. The van der Waals surface area contributed by atoms with Crippen LogP contribution in [0.5, 0.6) is 0 Å². The number of nitrogens with one attached hydrogen (secondary N) is 2. The highest BCUT2D eigenvalue weighted by atomic mass is 16.6. The van der Waals surface area contributed by atoms with Crippen molar-refractivity contribution in [3.05, 3.63) is 40.1 Å². The van der Waals surface area contributed by atoms with Gasteiger partial charge in [0, 0.05) is 54.4 Å². The molecule has 146 valence electrons. The first kappa shape index (κ1) is 19.4. The van der Waals surface area contributed by atoms with Gasteiger partial charge in [0.25, 0.3) is 11.6 Å². The maximum atomic E-state index is 12.7. The Morgan fingerprint density at radius 2 is 2.00 bits per heavy atom. The third-order valence-electron chi connectivity index (χ3n) is 5.53. The van der Waals surface area contributed by atoms with E-state index in [2.05, 4.69) is 42.9 Å². The number of carbonyl (C=O) groups excluding carboxylic acids is 1. The summed E-state index contributed by atoms with van der Waals surface area (Å²) in [5.74, 6) is 1.09. The van der Waals surface area contributed by atoms with Gasteiger partial charge in [0.15, 0.2) is 0 Å². The Morgan fingerprint density at radius 1 is 1.33 bits per heavy atom. The summed E-state index contributed by atoms with van der Waals surface area (Å²) in [6.07, 6.45) is 2.86. The molecular formula is C20H28N4O3. The molecule has 7 nitrogen and oxygen atoms in total. The van der Waals surface area contributed by atoms with Crippen LogP contribution in [0.2, 0.25) is 0 Å². The second-order valence-electron chi connectivity index (χ2n) is 8.54. The van der Waals surface area contributed by atoms with E-state index in [0.717, 1.165) is 13.1 Å². The predicted octanol–water partition coefficient (Wildman–Crippen LogP) is 3.56. The molecule has 0 aliphatic carbocycles. The SMILES string of the molecule is CC1CC(C)CN(C(C)(C)CNC(=O)c2c[nH]c3ccc([N+](=O)[O-])cc23)C1. The number of benzene rings is 1. The summed E-state index contributed by atoms with van der Waals surface area (Å²) in [6, 6.07) is 4.51. The lowest BCUT2D eigenvalue weighted by molar-refractivity contribution is -0.384. The lowest BCUT2D eigenvalue weighted by Gasteiger charge is -2.45. The molecule has 1 saturated heterocycles. The number of rotatable bonds is 5. The van der Waals surface area contributed by atoms with Gasteiger partial charge in [0.2, 0.25) is 0 Å². The fourth-order valence-electron chi connectivity index (χ4n) is 4.07. The minimum atomic E-state index is -0.448. The Kier molecular flexibility index (Phi) is 5.24. The largest absolute Gasteiger partial charge is 0.360 e. The highest BCUT2D eigenvalue weighted by molar-refractivity contribution is 6.07. The molecule has 2 N–H and O–H groups in total. The van der Waals surface area contributed by atoms with E-state index in [4.69, 9.17) is 0 Å². The first-order chi connectivity index (χ1) is 12.7. The third-order valence-corrected chi connectivity index (χ3v) is 5.53. The number of nitro benzene ring substituents is 1. The maximum absolute atomic E-state index is 12.7. The molecule has 1 fully saturated rings. The molecule has 1 aromatic carbocycles. The molecule has 0 saturated carbocycles. The Morgan fingerprint density at radius 3 is 2.63 bits per heavy atom. The number of amides is 1. The number of nitrogens with zero attached hydrogens (tertiary/aromatic N) is 2. The van der Waals surface area contributed by atoms with Gasteiger partial charge in [-0.2, -0.15) is 0 Å². The number of H-pyrrole nitrogens is 1. The molecule has 1 aromatic heterocycles. The van der Waals surface area contributed by atoms with Crippen LogP contribution in [0.3, 0.4) is 0 Å². The third kappa shape index (κ3) is 4.13.